The second-order valence-corrected chi connectivity index (χ2v) is 4.26. The molecule has 1 aromatic carbocycles. The van der Waals surface area contributed by atoms with E-state index in [0.29, 0.717) is 17.2 Å². The van der Waals surface area contributed by atoms with Crippen LogP contribution in [-0.2, 0) is 9.59 Å². The van der Waals surface area contributed by atoms with Crippen molar-refractivity contribution >= 4 is 17.5 Å². The molecule has 0 saturated carbocycles. The van der Waals surface area contributed by atoms with Crippen LogP contribution in [-0.4, -0.2) is 44.0 Å². The quantitative estimate of drug-likeness (QED) is 0.817. The predicted octanol–water partition coefficient (Wildman–Crippen LogP) is 0.873. The number of carbonyl (C=O) groups is 2. The van der Waals surface area contributed by atoms with Crippen molar-refractivity contribution in [2.75, 3.05) is 26.6 Å². The van der Waals surface area contributed by atoms with Crippen molar-refractivity contribution in [2.45, 2.75) is 12.5 Å². The highest BCUT2D eigenvalue weighted by molar-refractivity contribution is 6.06. The minimum atomic E-state index is -0.518. The topological polar surface area (TPSA) is 67.9 Å². The highest BCUT2D eigenvalue weighted by Gasteiger charge is 2.35. The molecular formula is C13H16N2O4. The van der Waals surface area contributed by atoms with Crippen LogP contribution in [0.4, 0.5) is 5.69 Å². The SMILES string of the molecule is COc1ccc(N[C@@H]2CC(=O)N(C)C2=O)cc1OC. The van der Waals surface area contributed by atoms with E-state index in [1.54, 1.807) is 32.4 Å². The van der Waals surface area contributed by atoms with Crippen LogP contribution in [0.3, 0.4) is 0 Å². The predicted molar refractivity (Wildman–Crippen MR) is 69.4 cm³/mol. The van der Waals surface area contributed by atoms with Gasteiger partial charge in [0.05, 0.1) is 20.6 Å². The van der Waals surface area contributed by atoms with Crippen molar-refractivity contribution in [2.24, 2.45) is 0 Å². The standard InChI is InChI=1S/C13H16N2O4/c1-15-12(16)7-9(13(15)17)14-8-4-5-10(18-2)11(6-8)19-3/h4-6,9,14H,7H2,1-3H3/t9-/m1/s1. The minimum absolute atomic E-state index is 0.170. The fraction of sp³-hybridized carbons (Fsp3) is 0.385. The minimum Gasteiger partial charge on any atom is -0.493 e. The van der Waals surface area contributed by atoms with E-state index in [1.807, 2.05) is 0 Å². The van der Waals surface area contributed by atoms with Gasteiger partial charge in [0.25, 0.3) is 5.91 Å². The van der Waals surface area contributed by atoms with Crippen LogP contribution < -0.4 is 14.8 Å². The van der Waals surface area contributed by atoms with E-state index in [1.165, 1.54) is 7.05 Å². The van der Waals surface area contributed by atoms with E-state index in [2.05, 4.69) is 5.32 Å². The van der Waals surface area contributed by atoms with Gasteiger partial charge in [-0.25, -0.2) is 0 Å². The highest BCUT2D eigenvalue weighted by Crippen LogP contribution is 2.30. The van der Waals surface area contributed by atoms with Crippen LogP contribution >= 0.6 is 0 Å². The van der Waals surface area contributed by atoms with Crippen molar-refractivity contribution in [1.29, 1.82) is 0 Å². The summed E-state index contributed by atoms with van der Waals surface area (Å²) < 4.78 is 10.3. The molecule has 1 saturated heterocycles. The first kappa shape index (κ1) is 13.2. The molecule has 0 bridgehead atoms. The maximum atomic E-state index is 11.8. The monoisotopic (exact) mass is 264 g/mol. The van der Waals surface area contributed by atoms with E-state index in [0.717, 1.165) is 4.90 Å². The molecule has 0 spiro atoms. The Morgan fingerprint density at radius 1 is 1.21 bits per heavy atom. The lowest BCUT2D eigenvalue weighted by Gasteiger charge is -2.14. The van der Waals surface area contributed by atoms with Gasteiger partial charge in [-0.05, 0) is 12.1 Å². The molecule has 0 radical (unpaired) electrons. The molecule has 1 aliphatic heterocycles. The number of rotatable bonds is 4. The third kappa shape index (κ3) is 2.47. The summed E-state index contributed by atoms with van der Waals surface area (Å²) in [7, 11) is 4.58. The molecule has 2 amide bonds. The number of nitrogens with one attached hydrogen (secondary N) is 1. The van der Waals surface area contributed by atoms with Gasteiger partial charge in [0.2, 0.25) is 5.91 Å². The molecule has 1 atom stereocenters. The summed E-state index contributed by atoms with van der Waals surface area (Å²) in [4.78, 5) is 24.4. The lowest BCUT2D eigenvalue weighted by Crippen LogP contribution is -2.31. The molecule has 0 aliphatic carbocycles. The number of likely N-dealkylation sites (N-methyl/N-ethyl adjacent to an activating group) is 1. The van der Waals surface area contributed by atoms with E-state index < -0.39 is 6.04 Å². The van der Waals surface area contributed by atoms with Crippen LogP contribution in [0.15, 0.2) is 18.2 Å². The number of imide groups is 1. The maximum Gasteiger partial charge on any atom is 0.251 e. The first-order valence-corrected chi connectivity index (χ1v) is 5.85. The summed E-state index contributed by atoms with van der Waals surface area (Å²) in [5, 5.41) is 3.03. The molecule has 0 unspecified atom stereocenters. The summed E-state index contributed by atoms with van der Waals surface area (Å²) in [6, 6.07) is 4.73. The molecule has 1 fully saturated rings. The van der Waals surface area contributed by atoms with Crippen LogP contribution in [0, 0.1) is 0 Å². The van der Waals surface area contributed by atoms with Crippen LogP contribution in [0.25, 0.3) is 0 Å². The number of hydrogen-bond donors (Lipinski definition) is 1. The Balaban J connectivity index is 2.16. The third-order valence-electron chi connectivity index (χ3n) is 3.11. The number of carbonyl (C=O) groups excluding carboxylic acids is 2. The van der Waals surface area contributed by atoms with E-state index >= 15 is 0 Å². The molecule has 1 heterocycles. The molecule has 2 rings (SSSR count). The maximum absolute atomic E-state index is 11.8. The average Bonchev–Trinajstić information content (AvgIpc) is 2.66. The largest absolute Gasteiger partial charge is 0.493 e. The number of hydrogen-bond acceptors (Lipinski definition) is 5. The summed E-state index contributed by atoms with van der Waals surface area (Å²) >= 11 is 0. The number of benzene rings is 1. The number of ether oxygens (including phenoxy) is 2. The van der Waals surface area contributed by atoms with Gasteiger partial charge in [-0.2, -0.15) is 0 Å². The van der Waals surface area contributed by atoms with Gasteiger partial charge in [0.1, 0.15) is 6.04 Å². The Bertz CT molecular complexity index is 515. The van der Waals surface area contributed by atoms with Crippen LogP contribution in [0.2, 0.25) is 0 Å². The second-order valence-electron chi connectivity index (χ2n) is 4.26. The molecule has 19 heavy (non-hydrogen) atoms. The van der Waals surface area contributed by atoms with E-state index in [9.17, 15) is 9.59 Å². The highest BCUT2D eigenvalue weighted by atomic mass is 16.5. The van der Waals surface area contributed by atoms with Crippen LogP contribution in [0.1, 0.15) is 6.42 Å². The lowest BCUT2D eigenvalue weighted by molar-refractivity contribution is -0.136. The van der Waals surface area contributed by atoms with Gasteiger partial charge < -0.3 is 14.8 Å². The lowest BCUT2D eigenvalue weighted by atomic mass is 10.2. The van der Waals surface area contributed by atoms with E-state index in [-0.39, 0.29) is 18.2 Å². The summed E-state index contributed by atoms with van der Waals surface area (Å²) in [5.74, 6) is 0.777. The second kappa shape index (κ2) is 5.17. The zero-order valence-electron chi connectivity index (χ0n) is 11.1. The summed E-state index contributed by atoms with van der Waals surface area (Å²) in [6.07, 6.45) is 0.170. The normalized spacial score (nSPS) is 18.7. The van der Waals surface area contributed by atoms with Gasteiger partial charge in [-0.3, -0.25) is 14.5 Å². The van der Waals surface area contributed by atoms with Gasteiger partial charge >= 0.3 is 0 Å². The van der Waals surface area contributed by atoms with Gasteiger partial charge in [0.15, 0.2) is 11.5 Å². The third-order valence-corrected chi connectivity index (χ3v) is 3.11. The van der Waals surface area contributed by atoms with Gasteiger partial charge in [0, 0.05) is 18.8 Å². The average molecular weight is 264 g/mol. The number of amides is 2. The fourth-order valence-electron chi connectivity index (χ4n) is 2.00. The van der Waals surface area contributed by atoms with E-state index in [4.69, 9.17) is 9.47 Å². The smallest absolute Gasteiger partial charge is 0.251 e. The molecule has 1 aliphatic rings. The fourth-order valence-corrected chi connectivity index (χ4v) is 2.00. The van der Waals surface area contributed by atoms with Crippen molar-refractivity contribution < 1.29 is 19.1 Å². The van der Waals surface area contributed by atoms with Crippen molar-refractivity contribution in [3.05, 3.63) is 18.2 Å². The first-order chi connectivity index (χ1) is 9.06. The van der Waals surface area contributed by atoms with Gasteiger partial charge in [-0.15, -0.1) is 0 Å². The zero-order chi connectivity index (χ0) is 14.0. The molecule has 0 aromatic heterocycles. The molecule has 1 N–H and O–H groups in total. The number of nitrogens with zero attached hydrogens (tertiary/aromatic N) is 1. The number of anilines is 1. The molecular weight excluding hydrogens is 248 g/mol. The van der Waals surface area contributed by atoms with Gasteiger partial charge in [-0.1, -0.05) is 0 Å². The van der Waals surface area contributed by atoms with Crippen molar-refractivity contribution in [3.8, 4) is 11.5 Å². The number of likely N-dealkylation sites (tertiary alicyclic amines) is 1. The van der Waals surface area contributed by atoms with Crippen LogP contribution in [0.5, 0.6) is 11.5 Å². The zero-order valence-corrected chi connectivity index (χ0v) is 11.1. The summed E-state index contributed by atoms with van der Waals surface area (Å²) in [6.45, 7) is 0. The molecule has 6 heteroatoms. The first-order valence-electron chi connectivity index (χ1n) is 5.85. The molecule has 6 nitrogen and oxygen atoms in total. The summed E-state index contributed by atoms with van der Waals surface area (Å²) in [5.41, 5.74) is 0.708. The Hall–Kier alpha value is -2.24. The Kier molecular flexibility index (Phi) is 3.59. The Morgan fingerprint density at radius 2 is 1.89 bits per heavy atom. The number of methoxy groups -OCH3 is 2. The Morgan fingerprint density at radius 3 is 2.42 bits per heavy atom. The molecule has 1 aromatic rings. The molecule has 102 valence electrons. The van der Waals surface area contributed by atoms with Crippen molar-refractivity contribution in [3.63, 3.8) is 0 Å². The Labute approximate surface area is 111 Å². The van der Waals surface area contributed by atoms with Crippen molar-refractivity contribution in [1.82, 2.24) is 4.90 Å².